The van der Waals surface area contributed by atoms with E-state index in [1.54, 1.807) is 11.0 Å². The highest BCUT2D eigenvalue weighted by atomic mass is 32.1. The molecule has 2 heterocycles. The number of amides is 2. The van der Waals surface area contributed by atoms with Gasteiger partial charge in [0.05, 0.1) is 4.88 Å². The highest BCUT2D eigenvalue weighted by molar-refractivity contribution is 7.12. The highest BCUT2D eigenvalue weighted by Gasteiger charge is 2.36. The molecule has 26 heavy (non-hydrogen) atoms. The van der Waals surface area contributed by atoms with Gasteiger partial charge >= 0.3 is 5.97 Å². The van der Waals surface area contributed by atoms with Gasteiger partial charge in [0, 0.05) is 12.6 Å². The molecular weight excluding hydrogens is 352 g/mol. The van der Waals surface area contributed by atoms with E-state index >= 15 is 0 Å². The molecule has 1 aromatic heterocycles. The van der Waals surface area contributed by atoms with Crippen LogP contribution in [0.15, 0.2) is 17.5 Å². The summed E-state index contributed by atoms with van der Waals surface area (Å²) in [6, 6.07) is 3.15. The maximum atomic E-state index is 12.5. The molecule has 1 aliphatic carbocycles. The predicted octanol–water partition coefficient (Wildman–Crippen LogP) is 2.59. The maximum absolute atomic E-state index is 12.5. The summed E-state index contributed by atoms with van der Waals surface area (Å²) in [5.41, 5.74) is 0. The van der Waals surface area contributed by atoms with Crippen LogP contribution in [-0.2, 0) is 14.3 Å². The number of rotatable bonds is 5. The zero-order valence-corrected chi connectivity index (χ0v) is 15.9. The summed E-state index contributed by atoms with van der Waals surface area (Å²) in [6.07, 6.45) is 5.77. The van der Waals surface area contributed by atoms with Gasteiger partial charge in [0.2, 0.25) is 0 Å². The first-order chi connectivity index (χ1) is 12.6. The Labute approximate surface area is 157 Å². The van der Waals surface area contributed by atoms with E-state index in [0.717, 1.165) is 25.7 Å². The number of hydrogen-bond acceptors (Lipinski definition) is 5. The second kappa shape index (κ2) is 8.66. The van der Waals surface area contributed by atoms with Crippen molar-refractivity contribution >= 4 is 29.1 Å². The van der Waals surface area contributed by atoms with E-state index in [2.05, 4.69) is 12.2 Å². The largest absolute Gasteiger partial charge is 0.454 e. The molecular formula is C19H26N2O4S. The number of nitrogens with zero attached hydrogens (tertiary/aromatic N) is 1. The molecule has 3 rings (SSSR count). The minimum Gasteiger partial charge on any atom is -0.454 e. The van der Waals surface area contributed by atoms with E-state index < -0.39 is 12.0 Å². The zero-order valence-electron chi connectivity index (χ0n) is 15.1. The van der Waals surface area contributed by atoms with Gasteiger partial charge in [-0.15, -0.1) is 11.3 Å². The van der Waals surface area contributed by atoms with Crippen LogP contribution in [0.1, 0.15) is 55.1 Å². The minimum atomic E-state index is -0.592. The Kier molecular flexibility index (Phi) is 6.29. The number of likely N-dealkylation sites (tertiary alicyclic amines) is 1. The Balaban J connectivity index is 1.49. The number of carbonyl (C=O) groups is 3. The molecule has 0 unspecified atom stereocenters. The van der Waals surface area contributed by atoms with Gasteiger partial charge in [0.15, 0.2) is 6.61 Å². The Morgan fingerprint density at radius 1 is 1.23 bits per heavy atom. The molecule has 2 amide bonds. The second-order valence-electron chi connectivity index (χ2n) is 7.18. The van der Waals surface area contributed by atoms with Crippen LogP contribution in [0.3, 0.4) is 0 Å². The third kappa shape index (κ3) is 4.44. The molecule has 142 valence electrons. The van der Waals surface area contributed by atoms with Gasteiger partial charge in [-0.3, -0.25) is 9.59 Å². The Hall–Kier alpha value is -1.89. The third-order valence-electron chi connectivity index (χ3n) is 5.32. The highest BCUT2D eigenvalue weighted by Crippen LogP contribution is 2.24. The lowest BCUT2D eigenvalue weighted by Gasteiger charge is -2.29. The number of esters is 1. The van der Waals surface area contributed by atoms with Crippen molar-refractivity contribution in [2.45, 2.75) is 57.5 Å². The van der Waals surface area contributed by atoms with Crippen molar-refractivity contribution in [3.63, 3.8) is 0 Å². The monoisotopic (exact) mass is 378 g/mol. The van der Waals surface area contributed by atoms with Crippen LogP contribution < -0.4 is 5.32 Å². The number of thiophene rings is 1. The smallest absolute Gasteiger partial charge is 0.329 e. The van der Waals surface area contributed by atoms with Gasteiger partial charge < -0.3 is 15.0 Å². The lowest BCUT2D eigenvalue weighted by Crippen LogP contribution is -2.45. The quantitative estimate of drug-likeness (QED) is 0.799. The van der Waals surface area contributed by atoms with E-state index in [4.69, 9.17) is 4.74 Å². The molecule has 2 fully saturated rings. The van der Waals surface area contributed by atoms with Crippen LogP contribution in [0.25, 0.3) is 0 Å². The molecule has 1 aliphatic heterocycles. The number of hydrogen-bond donors (Lipinski definition) is 1. The van der Waals surface area contributed by atoms with E-state index in [9.17, 15) is 14.4 Å². The van der Waals surface area contributed by atoms with Crippen LogP contribution >= 0.6 is 11.3 Å². The van der Waals surface area contributed by atoms with Gasteiger partial charge in [-0.05, 0) is 43.0 Å². The average molecular weight is 378 g/mol. The van der Waals surface area contributed by atoms with E-state index in [1.807, 2.05) is 11.4 Å². The molecule has 0 radical (unpaired) electrons. The minimum absolute atomic E-state index is 0.139. The maximum Gasteiger partial charge on any atom is 0.329 e. The Morgan fingerprint density at radius 2 is 2.04 bits per heavy atom. The fourth-order valence-electron chi connectivity index (χ4n) is 3.81. The number of ether oxygens (including phenoxy) is 1. The molecule has 1 saturated carbocycles. The summed E-state index contributed by atoms with van der Waals surface area (Å²) in [7, 11) is 0. The first-order valence-corrected chi connectivity index (χ1v) is 10.2. The SMILES string of the molecule is C[C@H]1CCCC[C@@H]1NC(=O)COC(=O)[C@@H]1CCCN1C(=O)c1cccs1. The molecule has 0 spiro atoms. The van der Waals surface area contributed by atoms with E-state index in [-0.39, 0.29) is 24.5 Å². The third-order valence-corrected chi connectivity index (χ3v) is 6.18. The first-order valence-electron chi connectivity index (χ1n) is 9.36. The van der Waals surface area contributed by atoms with Crippen LogP contribution in [-0.4, -0.2) is 47.9 Å². The van der Waals surface area contributed by atoms with Crippen molar-refractivity contribution in [2.24, 2.45) is 5.92 Å². The molecule has 2 aliphatic rings. The van der Waals surface area contributed by atoms with Crippen molar-refractivity contribution in [3.8, 4) is 0 Å². The topological polar surface area (TPSA) is 75.7 Å². The molecule has 7 heteroatoms. The Bertz CT molecular complexity index is 646. The van der Waals surface area contributed by atoms with Crippen LogP contribution in [0.2, 0.25) is 0 Å². The number of nitrogens with one attached hydrogen (secondary N) is 1. The molecule has 6 nitrogen and oxygen atoms in total. The lowest BCUT2D eigenvalue weighted by molar-refractivity contribution is -0.152. The van der Waals surface area contributed by atoms with E-state index in [0.29, 0.717) is 23.8 Å². The van der Waals surface area contributed by atoms with Gasteiger partial charge in [-0.25, -0.2) is 4.79 Å². The van der Waals surface area contributed by atoms with Gasteiger partial charge in [0.25, 0.3) is 11.8 Å². The molecule has 3 atom stereocenters. The fourth-order valence-corrected chi connectivity index (χ4v) is 4.49. The summed E-state index contributed by atoms with van der Waals surface area (Å²) >= 11 is 1.36. The standard InChI is InChI=1S/C19H26N2O4S/c1-13-6-2-3-7-14(13)20-17(22)12-25-19(24)15-8-4-10-21(15)18(23)16-9-5-11-26-16/h5,9,11,13-15H,2-4,6-8,10,12H2,1H3,(H,20,22)/t13-,14-,15-/m0/s1. The van der Waals surface area contributed by atoms with Gasteiger partial charge in [-0.2, -0.15) is 0 Å². The summed E-state index contributed by atoms with van der Waals surface area (Å²) in [5, 5.41) is 4.82. The van der Waals surface area contributed by atoms with Crippen LogP contribution in [0.4, 0.5) is 0 Å². The predicted molar refractivity (Wildman–Crippen MR) is 98.9 cm³/mol. The van der Waals surface area contributed by atoms with Crippen molar-refractivity contribution < 1.29 is 19.1 Å². The second-order valence-corrected chi connectivity index (χ2v) is 8.13. The summed E-state index contributed by atoms with van der Waals surface area (Å²) in [5.74, 6) is -0.428. The summed E-state index contributed by atoms with van der Waals surface area (Å²) in [6.45, 7) is 2.41. The van der Waals surface area contributed by atoms with Crippen molar-refractivity contribution in [2.75, 3.05) is 13.2 Å². The average Bonchev–Trinajstić information content (AvgIpc) is 3.33. The van der Waals surface area contributed by atoms with E-state index in [1.165, 1.54) is 17.8 Å². The zero-order chi connectivity index (χ0) is 18.5. The van der Waals surface area contributed by atoms with Crippen molar-refractivity contribution in [1.82, 2.24) is 10.2 Å². The van der Waals surface area contributed by atoms with Gasteiger partial charge in [0.1, 0.15) is 6.04 Å². The fraction of sp³-hybridized carbons (Fsp3) is 0.632. The lowest BCUT2D eigenvalue weighted by atomic mass is 9.86. The molecule has 0 bridgehead atoms. The first kappa shape index (κ1) is 18.9. The molecule has 0 aromatic carbocycles. The normalized spacial score (nSPS) is 25.7. The van der Waals surface area contributed by atoms with Crippen molar-refractivity contribution in [1.29, 1.82) is 0 Å². The molecule has 1 aromatic rings. The summed E-state index contributed by atoms with van der Waals surface area (Å²) < 4.78 is 5.22. The van der Waals surface area contributed by atoms with Crippen molar-refractivity contribution in [3.05, 3.63) is 22.4 Å². The van der Waals surface area contributed by atoms with Crippen LogP contribution in [0, 0.1) is 5.92 Å². The van der Waals surface area contributed by atoms with Crippen LogP contribution in [0.5, 0.6) is 0 Å². The van der Waals surface area contributed by atoms with Gasteiger partial charge in [-0.1, -0.05) is 25.8 Å². The Morgan fingerprint density at radius 3 is 2.77 bits per heavy atom. The number of carbonyl (C=O) groups excluding carboxylic acids is 3. The molecule has 1 saturated heterocycles. The molecule has 1 N–H and O–H groups in total. The summed E-state index contributed by atoms with van der Waals surface area (Å²) in [4.78, 5) is 39.2.